The molecule has 0 unspecified atom stereocenters. The fourth-order valence-electron chi connectivity index (χ4n) is 2.86. The predicted octanol–water partition coefficient (Wildman–Crippen LogP) is 4.11. The van der Waals surface area contributed by atoms with Gasteiger partial charge in [-0.05, 0) is 38.8 Å². The van der Waals surface area contributed by atoms with E-state index in [4.69, 9.17) is 9.84 Å². The van der Waals surface area contributed by atoms with E-state index in [1.165, 1.54) is 0 Å². The van der Waals surface area contributed by atoms with E-state index >= 15 is 0 Å². The fourth-order valence-corrected chi connectivity index (χ4v) is 2.86. The van der Waals surface area contributed by atoms with Crippen LogP contribution in [-0.4, -0.2) is 17.7 Å². The Morgan fingerprint density at radius 3 is 1.55 bits per heavy atom. The van der Waals surface area contributed by atoms with Crippen LogP contribution in [0.2, 0.25) is 0 Å². The van der Waals surface area contributed by atoms with Crippen molar-refractivity contribution < 1.29 is 14.6 Å². The van der Waals surface area contributed by atoms with E-state index in [2.05, 4.69) is 36.4 Å². The van der Waals surface area contributed by atoms with Crippen molar-refractivity contribution in [3.05, 3.63) is 69.8 Å². The van der Waals surface area contributed by atoms with Gasteiger partial charge in [0.05, 0.1) is 0 Å². The van der Waals surface area contributed by atoms with Crippen molar-refractivity contribution in [2.45, 2.75) is 33.8 Å². The second kappa shape index (κ2) is 6.75. The van der Waals surface area contributed by atoms with Crippen molar-refractivity contribution >= 4 is 5.97 Å². The normalized spacial score (nSPS) is 11.0. The minimum Gasteiger partial charge on any atom is -0.480 e. The fraction of sp³-hybridized carbons (Fsp3) is 0.316. The summed E-state index contributed by atoms with van der Waals surface area (Å²) >= 11 is 0. The van der Waals surface area contributed by atoms with Crippen LogP contribution in [-0.2, 0) is 9.53 Å². The van der Waals surface area contributed by atoms with E-state index in [-0.39, 0.29) is 12.7 Å². The molecule has 3 nitrogen and oxygen atoms in total. The summed E-state index contributed by atoms with van der Waals surface area (Å²) in [5, 5.41) is 8.95. The van der Waals surface area contributed by atoms with Crippen molar-refractivity contribution in [3.8, 4) is 0 Å². The molecule has 0 heterocycles. The highest BCUT2D eigenvalue weighted by molar-refractivity contribution is 5.68. The molecule has 0 aromatic heterocycles. The summed E-state index contributed by atoms with van der Waals surface area (Å²) < 4.78 is 5.70. The molecule has 0 aliphatic carbocycles. The molecule has 0 atom stereocenters. The van der Waals surface area contributed by atoms with Crippen LogP contribution in [0.5, 0.6) is 0 Å². The third-order valence-electron chi connectivity index (χ3n) is 3.47. The number of hydrogen-bond acceptors (Lipinski definition) is 2. The number of rotatable bonds is 5. The Labute approximate surface area is 131 Å². The average Bonchev–Trinajstić information content (AvgIpc) is 2.36. The molecule has 22 heavy (non-hydrogen) atoms. The number of benzene rings is 2. The summed E-state index contributed by atoms with van der Waals surface area (Å²) in [5.74, 6) is -0.959. The lowest BCUT2D eigenvalue weighted by atomic mass is 9.95. The lowest BCUT2D eigenvalue weighted by Gasteiger charge is -2.20. The molecule has 0 bridgehead atoms. The van der Waals surface area contributed by atoms with E-state index in [0.717, 1.165) is 33.4 Å². The van der Waals surface area contributed by atoms with Crippen LogP contribution >= 0.6 is 0 Å². The van der Waals surface area contributed by atoms with Gasteiger partial charge in [-0.15, -0.1) is 0 Å². The number of carbonyl (C=O) groups is 1. The first-order valence-electron chi connectivity index (χ1n) is 7.35. The Morgan fingerprint density at radius 1 is 0.864 bits per heavy atom. The third-order valence-corrected chi connectivity index (χ3v) is 3.47. The molecule has 116 valence electrons. The highest BCUT2D eigenvalue weighted by Gasteiger charge is 2.17. The number of hydrogen-bond donors (Lipinski definition) is 1. The third kappa shape index (κ3) is 4.18. The minimum absolute atomic E-state index is 0.315. The van der Waals surface area contributed by atoms with Gasteiger partial charge in [0.15, 0.2) is 0 Å². The van der Waals surface area contributed by atoms with Crippen LogP contribution in [0.25, 0.3) is 0 Å². The van der Waals surface area contributed by atoms with Crippen LogP contribution in [0.3, 0.4) is 0 Å². The molecular weight excluding hydrogens is 276 g/mol. The molecule has 0 saturated heterocycles. The second-order valence-corrected chi connectivity index (χ2v) is 5.93. The molecule has 0 radical (unpaired) electrons. The predicted molar refractivity (Wildman–Crippen MR) is 87.3 cm³/mol. The topological polar surface area (TPSA) is 46.5 Å². The molecule has 2 rings (SSSR count). The molecule has 0 amide bonds. The van der Waals surface area contributed by atoms with Crippen molar-refractivity contribution in [2.75, 3.05) is 6.61 Å². The highest BCUT2D eigenvalue weighted by Crippen LogP contribution is 2.29. The molecule has 3 heteroatoms. The van der Waals surface area contributed by atoms with Gasteiger partial charge in [0.1, 0.15) is 12.7 Å². The lowest BCUT2D eigenvalue weighted by molar-refractivity contribution is -0.143. The molecular formula is C19H22O3. The van der Waals surface area contributed by atoms with E-state index < -0.39 is 5.97 Å². The van der Waals surface area contributed by atoms with Crippen molar-refractivity contribution in [2.24, 2.45) is 0 Å². The molecule has 2 aromatic carbocycles. The lowest BCUT2D eigenvalue weighted by Crippen LogP contribution is -2.14. The largest absolute Gasteiger partial charge is 0.480 e. The number of aliphatic carboxylic acids is 1. The maximum atomic E-state index is 10.9. The number of carboxylic acid groups (broad SMARTS) is 1. The van der Waals surface area contributed by atoms with Gasteiger partial charge in [0.25, 0.3) is 0 Å². The van der Waals surface area contributed by atoms with E-state index in [0.29, 0.717) is 0 Å². The SMILES string of the molecule is Cc1cc(C)cc(C(OCC(=O)O)c2cc(C)cc(C)c2)c1. The summed E-state index contributed by atoms with van der Waals surface area (Å²) in [6.45, 7) is 7.82. The molecule has 2 aromatic rings. The molecule has 1 N–H and O–H groups in total. The standard InChI is InChI=1S/C19H22O3/c1-12-5-13(2)8-16(7-12)19(22-11-18(20)21)17-9-14(3)6-15(4)10-17/h5-10,19H,11H2,1-4H3,(H,20,21). The monoisotopic (exact) mass is 298 g/mol. The zero-order valence-electron chi connectivity index (χ0n) is 13.5. The zero-order valence-corrected chi connectivity index (χ0v) is 13.5. The summed E-state index contributed by atoms with van der Waals surface area (Å²) in [4.78, 5) is 10.9. The maximum Gasteiger partial charge on any atom is 0.329 e. The van der Waals surface area contributed by atoms with Crippen LogP contribution < -0.4 is 0 Å². The second-order valence-electron chi connectivity index (χ2n) is 5.93. The summed E-state index contributed by atoms with van der Waals surface area (Å²) in [6.07, 6.45) is -0.367. The van der Waals surface area contributed by atoms with Gasteiger partial charge in [-0.1, -0.05) is 58.7 Å². The first-order valence-corrected chi connectivity index (χ1v) is 7.35. The molecule has 0 fully saturated rings. The number of aryl methyl sites for hydroxylation is 4. The smallest absolute Gasteiger partial charge is 0.329 e. The van der Waals surface area contributed by atoms with Crippen molar-refractivity contribution in [1.29, 1.82) is 0 Å². The average molecular weight is 298 g/mol. The van der Waals surface area contributed by atoms with Crippen LogP contribution in [0.4, 0.5) is 0 Å². The van der Waals surface area contributed by atoms with Gasteiger partial charge in [-0.2, -0.15) is 0 Å². The van der Waals surface area contributed by atoms with Gasteiger partial charge in [-0.25, -0.2) is 4.79 Å². The Balaban J connectivity index is 2.47. The van der Waals surface area contributed by atoms with Crippen LogP contribution in [0.1, 0.15) is 39.5 Å². The maximum absolute atomic E-state index is 10.9. The molecule has 0 spiro atoms. The van der Waals surface area contributed by atoms with Gasteiger partial charge in [0, 0.05) is 0 Å². The van der Waals surface area contributed by atoms with E-state index in [1.54, 1.807) is 0 Å². The number of carboxylic acids is 1. The quantitative estimate of drug-likeness (QED) is 0.903. The van der Waals surface area contributed by atoms with Gasteiger partial charge in [-0.3, -0.25) is 0 Å². The Hall–Kier alpha value is -2.13. The Bertz CT molecular complexity index is 597. The Morgan fingerprint density at radius 2 is 1.23 bits per heavy atom. The van der Waals surface area contributed by atoms with E-state index in [9.17, 15) is 4.79 Å². The van der Waals surface area contributed by atoms with E-state index in [1.807, 2.05) is 27.7 Å². The summed E-state index contributed by atoms with van der Waals surface area (Å²) in [5.41, 5.74) is 6.55. The Kier molecular flexibility index (Phi) is 4.99. The van der Waals surface area contributed by atoms with Gasteiger partial charge in [0.2, 0.25) is 0 Å². The number of ether oxygens (including phenoxy) is 1. The van der Waals surface area contributed by atoms with Crippen molar-refractivity contribution in [3.63, 3.8) is 0 Å². The molecule has 0 aliphatic rings. The summed E-state index contributed by atoms with van der Waals surface area (Å²) in [7, 11) is 0. The van der Waals surface area contributed by atoms with Crippen LogP contribution in [0.15, 0.2) is 36.4 Å². The first kappa shape index (κ1) is 16.2. The first-order chi connectivity index (χ1) is 10.3. The van der Waals surface area contributed by atoms with Crippen molar-refractivity contribution in [1.82, 2.24) is 0 Å². The van der Waals surface area contributed by atoms with Gasteiger partial charge >= 0.3 is 5.97 Å². The van der Waals surface area contributed by atoms with Crippen LogP contribution in [0, 0.1) is 27.7 Å². The zero-order chi connectivity index (χ0) is 16.3. The minimum atomic E-state index is -0.959. The van der Waals surface area contributed by atoms with Gasteiger partial charge < -0.3 is 9.84 Å². The summed E-state index contributed by atoms with van der Waals surface area (Å²) in [6, 6.07) is 12.4. The molecule has 0 saturated carbocycles. The molecule has 0 aliphatic heterocycles. The highest BCUT2D eigenvalue weighted by atomic mass is 16.5.